The molecular formula is C23H20BrNO4S. The molecule has 1 amide bonds. The second kappa shape index (κ2) is 9.12. The summed E-state index contributed by atoms with van der Waals surface area (Å²) in [6.07, 6.45) is 1.14. The molecule has 0 bridgehead atoms. The quantitative estimate of drug-likeness (QED) is 0.387. The van der Waals surface area contributed by atoms with E-state index in [1.54, 1.807) is 30.3 Å². The largest absolute Gasteiger partial charge is 0.426 e. The van der Waals surface area contributed by atoms with Gasteiger partial charge >= 0.3 is 5.97 Å². The number of hydrogen-bond donors (Lipinski definition) is 1. The lowest BCUT2D eigenvalue weighted by Gasteiger charge is -2.35. The Morgan fingerprint density at radius 1 is 1.00 bits per heavy atom. The molecule has 1 N–H and O–H groups in total. The first kappa shape index (κ1) is 20.8. The lowest BCUT2D eigenvalue weighted by Crippen LogP contribution is -2.44. The van der Waals surface area contributed by atoms with Crippen LogP contribution in [0.3, 0.4) is 0 Å². The molecule has 0 radical (unpaired) electrons. The van der Waals surface area contributed by atoms with E-state index in [4.69, 9.17) is 9.47 Å². The van der Waals surface area contributed by atoms with E-state index in [2.05, 4.69) is 21.2 Å². The van der Waals surface area contributed by atoms with Crippen LogP contribution in [0.25, 0.3) is 0 Å². The number of thiophene rings is 1. The van der Waals surface area contributed by atoms with Gasteiger partial charge in [0.25, 0.3) is 5.91 Å². The molecule has 1 aliphatic rings. The molecule has 1 aromatic heterocycles. The number of rotatable bonds is 5. The molecule has 3 aromatic rings. The van der Waals surface area contributed by atoms with Crippen LogP contribution >= 0.6 is 27.3 Å². The highest BCUT2D eigenvalue weighted by molar-refractivity contribution is 9.10. The first-order valence-corrected chi connectivity index (χ1v) is 11.3. The van der Waals surface area contributed by atoms with Crippen molar-refractivity contribution in [2.24, 2.45) is 0 Å². The highest BCUT2D eigenvalue weighted by atomic mass is 79.9. The molecule has 0 atom stereocenters. The molecule has 0 spiro atoms. The number of halogens is 1. The van der Waals surface area contributed by atoms with Gasteiger partial charge < -0.3 is 14.8 Å². The average Bonchev–Trinajstić information content (AvgIpc) is 3.31. The third-order valence-electron chi connectivity index (χ3n) is 5.20. The van der Waals surface area contributed by atoms with Crippen LogP contribution in [0.15, 0.2) is 70.5 Å². The molecule has 154 valence electrons. The molecule has 0 saturated carbocycles. The van der Waals surface area contributed by atoms with Crippen molar-refractivity contribution in [1.29, 1.82) is 0 Å². The molecule has 1 saturated heterocycles. The van der Waals surface area contributed by atoms with E-state index >= 15 is 0 Å². The molecule has 2 heterocycles. The standard InChI is InChI=1S/C23H20BrNO4S/c24-17-5-3-16(4-6-17)23(11-13-28-14-12-23)22(27)29-19-9-7-18(8-10-19)25-21(26)20-2-1-15-30-20/h1-10,15H,11-14H2,(H,25,26). The normalized spacial score (nSPS) is 15.4. The van der Waals surface area contributed by atoms with Gasteiger partial charge in [-0.3, -0.25) is 9.59 Å². The summed E-state index contributed by atoms with van der Waals surface area (Å²) in [4.78, 5) is 26.0. The monoisotopic (exact) mass is 485 g/mol. The van der Waals surface area contributed by atoms with Crippen molar-refractivity contribution in [3.63, 3.8) is 0 Å². The maximum atomic E-state index is 13.2. The van der Waals surface area contributed by atoms with Crippen molar-refractivity contribution < 1.29 is 19.1 Å². The maximum absolute atomic E-state index is 13.2. The van der Waals surface area contributed by atoms with Crippen LogP contribution in [-0.2, 0) is 14.9 Å². The minimum absolute atomic E-state index is 0.161. The van der Waals surface area contributed by atoms with E-state index in [1.165, 1.54) is 11.3 Å². The van der Waals surface area contributed by atoms with Gasteiger partial charge in [-0.2, -0.15) is 0 Å². The summed E-state index contributed by atoms with van der Waals surface area (Å²) in [6.45, 7) is 1.03. The van der Waals surface area contributed by atoms with Crippen molar-refractivity contribution in [1.82, 2.24) is 0 Å². The molecule has 0 unspecified atom stereocenters. The van der Waals surface area contributed by atoms with Crippen molar-refractivity contribution in [3.8, 4) is 5.75 Å². The molecular weight excluding hydrogens is 466 g/mol. The maximum Gasteiger partial charge on any atom is 0.322 e. The Bertz CT molecular complexity index is 1010. The van der Waals surface area contributed by atoms with Crippen molar-refractivity contribution >= 4 is 44.8 Å². The van der Waals surface area contributed by atoms with Crippen LogP contribution in [0.1, 0.15) is 28.1 Å². The summed E-state index contributed by atoms with van der Waals surface area (Å²) >= 11 is 4.83. The summed E-state index contributed by atoms with van der Waals surface area (Å²) in [6, 6.07) is 18.2. The van der Waals surface area contributed by atoms with E-state index in [9.17, 15) is 9.59 Å². The first-order valence-electron chi connectivity index (χ1n) is 9.58. The van der Waals surface area contributed by atoms with Gasteiger partial charge in [-0.05, 0) is 66.2 Å². The number of anilines is 1. The Morgan fingerprint density at radius 2 is 1.70 bits per heavy atom. The summed E-state index contributed by atoms with van der Waals surface area (Å²) in [5, 5.41) is 4.69. The molecule has 1 aliphatic heterocycles. The van der Waals surface area contributed by atoms with Gasteiger partial charge in [-0.25, -0.2) is 0 Å². The van der Waals surface area contributed by atoms with E-state index < -0.39 is 5.41 Å². The second-order valence-electron chi connectivity index (χ2n) is 7.05. The minimum atomic E-state index is -0.731. The lowest BCUT2D eigenvalue weighted by molar-refractivity contribution is -0.145. The number of ether oxygens (including phenoxy) is 2. The number of carbonyl (C=O) groups is 2. The zero-order valence-electron chi connectivity index (χ0n) is 16.1. The molecule has 2 aromatic carbocycles. The Labute approximate surface area is 187 Å². The first-order chi connectivity index (χ1) is 14.6. The van der Waals surface area contributed by atoms with Gasteiger partial charge in [0, 0.05) is 23.4 Å². The van der Waals surface area contributed by atoms with Crippen LogP contribution in [0.5, 0.6) is 5.75 Å². The van der Waals surface area contributed by atoms with Crippen molar-refractivity contribution in [2.45, 2.75) is 18.3 Å². The molecule has 1 fully saturated rings. The number of hydrogen-bond acceptors (Lipinski definition) is 5. The molecule has 4 rings (SSSR count). The van der Waals surface area contributed by atoms with Crippen molar-refractivity contribution in [2.75, 3.05) is 18.5 Å². The predicted octanol–water partition coefficient (Wildman–Crippen LogP) is 5.42. The number of carbonyl (C=O) groups excluding carboxylic acids is 2. The molecule has 7 heteroatoms. The van der Waals surface area contributed by atoms with E-state index in [0.717, 1.165) is 10.0 Å². The van der Waals surface area contributed by atoms with Gasteiger partial charge in [-0.15, -0.1) is 11.3 Å². The van der Waals surface area contributed by atoms with E-state index in [0.29, 0.717) is 42.4 Å². The number of nitrogens with one attached hydrogen (secondary N) is 1. The zero-order chi connectivity index (χ0) is 21.0. The molecule has 5 nitrogen and oxygen atoms in total. The smallest absolute Gasteiger partial charge is 0.322 e. The fraction of sp³-hybridized carbons (Fsp3) is 0.217. The lowest BCUT2D eigenvalue weighted by atomic mass is 9.74. The van der Waals surface area contributed by atoms with Crippen LogP contribution in [0.4, 0.5) is 5.69 Å². The number of benzene rings is 2. The summed E-state index contributed by atoms with van der Waals surface area (Å²) in [5.74, 6) is -0.00765. The SMILES string of the molecule is O=C(Nc1ccc(OC(=O)C2(c3ccc(Br)cc3)CCOCC2)cc1)c1cccs1. The number of esters is 1. The third-order valence-corrected chi connectivity index (χ3v) is 6.60. The van der Waals surface area contributed by atoms with Gasteiger partial charge in [-0.1, -0.05) is 34.1 Å². The fourth-order valence-corrected chi connectivity index (χ4v) is 4.39. The molecule has 30 heavy (non-hydrogen) atoms. The number of amides is 1. The summed E-state index contributed by atoms with van der Waals surface area (Å²) < 4.78 is 12.2. The molecule has 0 aliphatic carbocycles. The Kier molecular flexibility index (Phi) is 6.32. The zero-order valence-corrected chi connectivity index (χ0v) is 18.5. The third kappa shape index (κ3) is 4.48. The fourth-order valence-electron chi connectivity index (χ4n) is 3.51. The van der Waals surface area contributed by atoms with Gasteiger partial charge in [0.1, 0.15) is 5.75 Å². The van der Waals surface area contributed by atoms with E-state index in [-0.39, 0.29) is 11.9 Å². The van der Waals surface area contributed by atoms with Gasteiger partial charge in [0.2, 0.25) is 0 Å². The van der Waals surface area contributed by atoms with Crippen LogP contribution < -0.4 is 10.1 Å². The van der Waals surface area contributed by atoms with Gasteiger partial charge in [0.15, 0.2) is 0 Å². The van der Waals surface area contributed by atoms with E-state index in [1.807, 2.05) is 35.7 Å². The summed E-state index contributed by atoms with van der Waals surface area (Å²) in [7, 11) is 0. The van der Waals surface area contributed by atoms with Crippen LogP contribution in [0, 0.1) is 0 Å². The van der Waals surface area contributed by atoms with Gasteiger partial charge in [0.05, 0.1) is 10.3 Å². The Balaban J connectivity index is 1.48. The highest BCUT2D eigenvalue weighted by Crippen LogP contribution is 2.37. The topological polar surface area (TPSA) is 64.6 Å². The highest BCUT2D eigenvalue weighted by Gasteiger charge is 2.43. The second-order valence-corrected chi connectivity index (χ2v) is 8.91. The average molecular weight is 486 g/mol. The Morgan fingerprint density at radius 3 is 2.33 bits per heavy atom. The predicted molar refractivity (Wildman–Crippen MR) is 120 cm³/mol. The Hall–Kier alpha value is -2.48. The van der Waals surface area contributed by atoms with Crippen molar-refractivity contribution in [3.05, 3.63) is 81.0 Å². The van der Waals surface area contributed by atoms with Crippen LogP contribution in [-0.4, -0.2) is 25.1 Å². The van der Waals surface area contributed by atoms with Crippen LogP contribution in [0.2, 0.25) is 0 Å². The summed E-state index contributed by atoms with van der Waals surface area (Å²) in [5.41, 5.74) is 0.839. The minimum Gasteiger partial charge on any atom is -0.426 e.